The van der Waals surface area contributed by atoms with Crippen LogP contribution in [-0.4, -0.2) is 69.6 Å². The first-order valence-corrected chi connectivity index (χ1v) is 14.5. The summed E-state index contributed by atoms with van der Waals surface area (Å²) in [6.45, 7) is 12.2. The van der Waals surface area contributed by atoms with E-state index in [9.17, 15) is 4.79 Å². The molecule has 0 radical (unpaired) electrons. The molecule has 0 spiro atoms. The minimum absolute atomic E-state index is 0.0431. The van der Waals surface area contributed by atoms with Crippen molar-refractivity contribution < 1.29 is 9.53 Å². The van der Waals surface area contributed by atoms with Crippen molar-refractivity contribution in [3.63, 3.8) is 0 Å². The van der Waals surface area contributed by atoms with Gasteiger partial charge in [0.15, 0.2) is 5.69 Å². The summed E-state index contributed by atoms with van der Waals surface area (Å²) in [7, 11) is 1.87. The van der Waals surface area contributed by atoms with E-state index < -0.39 is 0 Å². The van der Waals surface area contributed by atoms with Crippen molar-refractivity contribution in [1.82, 2.24) is 24.8 Å². The van der Waals surface area contributed by atoms with E-state index >= 15 is 0 Å². The summed E-state index contributed by atoms with van der Waals surface area (Å²) in [4.78, 5) is 17.3. The Hall–Kier alpha value is -2.69. The molecule has 0 aliphatic carbocycles. The number of rotatable bonds is 14. The predicted molar refractivity (Wildman–Crippen MR) is 152 cm³/mol. The smallest absolute Gasteiger partial charge is 0.228 e. The van der Waals surface area contributed by atoms with Crippen LogP contribution >= 0.6 is 0 Å². The summed E-state index contributed by atoms with van der Waals surface area (Å²) in [6.07, 6.45) is 9.55. The molecular weight excluding hydrogens is 474 g/mol. The summed E-state index contributed by atoms with van der Waals surface area (Å²) in [5, 5.41) is 8.62. The fraction of sp³-hybridized carbons (Fsp3) is 0.645. The number of nitrogens with zero attached hydrogens (tertiary/aromatic N) is 5. The number of carbonyl (C=O) groups is 1. The Morgan fingerprint density at radius 3 is 2.53 bits per heavy atom. The highest BCUT2D eigenvalue weighted by Crippen LogP contribution is 2.31. The van der Waals surface area contributed by atoms with Crippen LogP contribution in [0.5, 0.6) is 0 Å². The molecule has 2 aromatic rings. The lowest BCUT2D eigenvalue weighted by atomic mass is 9.99. The van der Waals surface area contributed by atoms with Crippen LogP contribution in [0.3, 0.4) is 0 Å². The summed E-state index contributed by atoms with van der Waals surface area (Å²) in [5.41, 5.74) is 1.85. The third-order valence-electron chi connectivity index (χ3n) is 7.47. The first kappa shape index (κ1) is 29.9. The molecule has 0 unspecified atom stereocenters. The molecule has 38 heavy (non-hydrogen) atoms. The van der Waals surface area contributed by atoms with E-state index in [0.717, 1.165) is 44.5 Å². The third-order valence-corrected chi connectivity index (χ3v) is 7.47. The number of carbonyl (C=O) groups excluding carboxylic acids is 1. The highest BCUT2D eigenvalue weighted by atomic mass is 16.5. The van der Waals surface area contributed by atoms with Gasteiger partial charge in [0, 0.05) is 13.6 Å². The van der Waals surface area contributed by atoms with Crippen LogP contribution in [0.2, 0.25) is 0 Å². The van der Waals surface area contributed by atoms with Crippen LogP contribution in [-0.2, 0) is 16.1 Å². The van der Waals surface area contributed by atoms with Gasteiger partial charge in [0.2, 0.25) is 5.91 Å². The maximum Gasteiger partial charge on any atom is 0.228 e. The average Bonchev–Trinajstić information content (AvgIpc) is 3.59. The fourth-order valence-corrected chi connectivity index (χ4v) is 5.03. The van der Waals surface area contributed by atoms with E-state index in [4.69, 9.17) is 4.74 Å². The largest absolute Gasteiger partial charge is 0.374 e. The number of amides is 1. The number of ether oxygens (including phenoxy) is 1. The van der Waals surface area contributed by atoms with Crippen molar-refractivity contribution >= 4 is 5.91 Å². The van der Waals surface area contributed by atoms with Crippen molar-refractivity contribution in [2.45, 2.75) is 97.4 Å². The number of benzene rings is 1. The lowest BCUT2D eigenvalue weighted by Crippen LogP contribution is -2.37. The predicted octanol–water partition coefficient (Wildman–Crippen LogP) is 5.33. The summed E-state index contributed by atoms with van der Waals surface area (Å²) in [5.74, 6) is 6.47. The van der Waals surface area contributed by atoms with E-state index in [1.165, 1.54) is 25.7 Å². The van der Waals surface area contributed by atoms with Crippen molar-refractivity contribution in [3.8, 4) is 11.8 Å². The molecule has 3 rings (SSSR count). The monoisotopic (exact) mass is 521 g/mol. The molecule has 4 atom stereocenters. The normalized spacial score (nSPS) is 18.7. The summed E-state index contributed by atoms with van der Waals surface area (Å²) in [6, 6.07) is 10.3. The Morgan fingerprint density at radius 2 is 1.84 bits per heavy atom. The molecule has 0 saturated carbocycles. The van der Waals surface area contributed by atoms with Gasteiger partial charge >= 0.3 is 0 Å². The van der Waals surface area contributed by atoms with Crippen LogP contribution in [0, 0.1) is 17.8 Å². The molecule has 1 aliphatic heterocycles. The van der Waals surface area contributed by atoms with Crippen LogP contribution in [0.25, 0.3) is 0 Å². The number of unbranched alkanes of at least 4 members (excludes halogenated alkanes) is 2. The molecule has 7 heteroatoms. The minimum atomic E-state index is -0.161. The molecule has 0 bridgehead atoms. The van der Waals surface area contributed by atoms with E-state index in [2.05, 4.69) is 60.0 Å². The summed E-state index contributed by atoms with van der Waals surface area (Å²) < 4.78 is 8.25. The molecule has 1 aliphatic rings. The van der Waals surface area contributed by atoms with Crippen molar-refractivity contribution in [2.75, 3.05) is 26.7 Å². The van der Waals surface area contributed by atoms with Gasteiger partial charge in [-0.3, -0.25) is 9.69 Å². The zero-order valence-corrected chi connectivity index (χ0v) is 24.1. The van der Waals surface area contributed by atoms with Crippen LogP contribution in [0.1, 0.15) is 89.9 Å². The van der Waals surface area contributed by atoms with E-state index in [1.807, 2.05) is 47.9 Å². The van der Waals surface area contributed by atoms with E-state index in [-0.39, 0.29) is 30.1 Å². The third kappa shape index (κ3) is 9.25. The van der Waals surface area contributed by atoms with Gasteiger partial charge in [-0.2, -0.15) is 0 Å². The second-order valence-corrected chi connectivity index (χ2v) is 10.8. The number of hydrogen-bond donors (Lipinski definition) is 0. The molecule has 208 valence electrons. The highest BCUT2D eigenvalue weighted by Gasteiger charge is 2.35. The Labute approximate surface area is 229 Å². The van der Waals surface area contributed by atoms with Crippen LogP contribution in [0.15, 0.2) is 36.5 Å². The van der Waals surface area contributed by atoms with Crippen LogP contribution in [0.4, 0.5) is 0 Å². The Balaban J connectivity index is 1.46. The SMILES string of the molecule is CCCCN(CC#Cc1cn([C@H](C)C[C@@H]2CC[C@H]([C@@H](C)C(=O)N(C)Cc3ccccc3)O2)nn1)CCCC. The van der Waals surface area contributed by atoms with Gasteiger partial charge < -0.3 is 9.64 Å². The second kappa shape index (κ2) is 15.7. The van der Waals surface area contributed by atoms with Crippen molar-refractivity contribution in [1.29, 1.82) is 0 Å². The Morgan fingerprint density at radius 1 is 1.13 bits per heavy atom. The van der Waals surface area contributed by atoms with Crippen molar-refractivity contribution in [2.24, 2.45) is 5.92 Å². The standard InChI is InChI=1S/C31H47N5O2/c1-6-8-19-35(20-9-7-2)21-13-16-28-24-36(33-32-28)25(3)22-29-17-18-30(38-29)26(4)31(37)34(5)23-27-14-11-10-12-15-27/h10-12,14-15,24-26,29-30H,6-9,17-23H2,1-5H3/t25-,26-,29+,30-/m1/s1. The molecule has 1 aromatic heterocycles. The van der Waals surface area contributed by atoms with Gasteiger partial charge in [-0.15, -0.1) is 5.10 Å². The van der Waals surface area contributed by atoms with Gasteiger partial charge in [0.1, 0.15) is 0 Å². The van der Waals surface area contributed by atoms with E-state index in [0.29, 0.717) is 12.2 Å². The lowest BCUT2D eigenvalue weighted by Gasteiger charge is -2.26. The molecule has 1 aromatic carbocycles. The molecule has 7 nitrogen and oxygen atoms in total. The first-order chi connectivity index (χ1) is 18.4. The van der Waals surface area contributed by atoms with Gasteiger partial charge in [0.25, 0.3) is 0 Å². The first-order valence-electron chi connectivity index (χ1n) is 14.5. The van der Waals surface area contributed by atoms with Crippen LogP contribution < -0.4 is 0 Å². The lowest BCUT2D eigenvalue weighted by molar-refractivity contribution is -0.139. The van der Waals surface area contributed by atoms with E-state index in [1.54, 1.807) is 0 Å². The number of aromatic nitrogens is 3. The maximum atomic E-state index is 13.0. The Kier molecular flexibility index (Phi) is 12.3. The highest BCUT2D eigenvalue weighted by molar-refractivity contribution is 5.78. The van der Waals surface area contributed by atoms with Crippen molar-refractivity contribution in [3.05, 3.63) is 47.8 Å². The number of hydrogen-bond acceptors (Lipinski definition) is 5. The van der Waals surface area contributed by atoms with Gasteiger partial charge in [-0.05, 0) is 63.6 Å². The Bertz CT molecular complexity index is 1020. The molecule has 1 amide bonds. The van der Waals surface area contributed by atoms with Gasteiger partial charge in [0.05, 0.1) is 36.9 Å². The van der Waals surface area contributed by atoms with Gasteiger partial charge in [-0.1, -0.05) is 75.1 Å². The zero-order chi connectivity index (χ0) is 27.3. The second-order valence-electron chi connectivity index (χ2n) is 10.8. The average molecular weight is 522 g/mol. The molecule has 1 saturated heterocycles. The topological polar surface area (TPSA) is 63.5 Å². The molecule has 0 N–H and O–H groups in total. The van der Waals surface area contributed by atoms with Gasteiger partial charge in [-0.25, -0.2) is 4.68 Å². The fourth-order valence-electron chi connectivity index (χ4n) is 5.03. The molecule has 2 heterocycles. The zero-order valence-electron chi connectivity index (χ0n) is 24.1. The molecule has 1 fully saturated rings. The minimum Gasteiger partial charge on any atom is -0.374 e. The summed E-state index contributed by atoms with van der Waals surface area (Å²) >= 11 is 0. The maximum absolute atomic E-state index is 13.0. The quantitative estimate of drug-likeness (QED) is 0.315. The molecular formula is C31H47N5O2.